The van der Waals surface area contributed by atoms with E-state index in [-0.39, 0.29) is 81.7 Å². The van der Waals surface area contributed by atoms with Gasteiger partial charge in [0.2, 0.25) is 0 Å². The molecule has 2 aliphatic heterocycles. The fourth-order valence-corrected chi connectivity index (χ4v) is 19.2. The van der Waals surface area contributed by atoms with Gasteiger partial charge < -0.3 is 55.6 Å². The van der Waals surface area contributed by atoms with Gasteiger partial charge in [0.25, 0.3) is 0 Å². The quantitative estimate of drug-likeness (QED) is 0.0725. The smallest absolute Gasteiger partial charge is 0.574 e. The average Bonchev–Trinajstić information content (AvgIpc) is 1.52. The van der Waals surface area contributed by atoms with Gasteiger partial charge in [0.15, 0.2) is 0 Å². The number of halogens is 6. The van der Waals surface area contributed by atoms with E-state index >= 15 is 0 Å². The third-order valence-corrected chi connectivity index (χ3v) is 25.1. The molecule has 0 atom stereocenters. The van der Waals surface area contributed by atoms with Gasteiger partial charge in [0.05, 0.1) is 35.3 Å². The number of rotatable bonds is 10. The van der Waals surface area contributed by atoms with Crippen molar-refractivity contribution in [3.8, 4) is 90.1 Å². The van der Waals surface area contributed by atoms with E-state index in [1.165, 1.54) is 83.7 Å². The summed E-state index contributed by atoms with van der Waals surface area (Å²) in [4.78, 5) is 17.5. The summed E-state index contributed by atoms with van der Waals surface area (Å²) in [5.41, 5.74) is 22.5. The van der Waals surface area contributed by atoms with Gasteiger partial charge in [-0.1, -0.05) is 168 Å². The van der Waals surface area contributed by atoms with Crippen molar-refractivity contribution < 1.29 is 65.9 Å². The molecule has 12 nitrogen and oxygen atoms in total. The van der Waals surface area contributed by atoms with Crippen LogP contribution in [-0.4, -0.2) is 65.0 Å². The summed E-state index contributed by atoms with van der Waals surface area (Å²) >= 11 is 0. The van der Waals surface area contributed by atoms with Gasteiger partial charge in [-0.05, 0) is 222 Å². The Hall–Kier alpha value is -9.53. The van der Waals surface area contributed by atoms with Crippen LogP contribution in [0.4, 0.5) is 26.3 Å². The molecule has 0 N–H and O–H groups in total. The topological polar surface area (TPSA) is 160 Å². The Bertz CT molecular complexity index is 4800. The molecule has 0 bridgehead atoms. The van der Waals surface area contributed by atoms with Crippen LogP contribution in [-0.2, 0) is 51.9 Å². The molecule has 0 spiro atoms. The third-order valence-electron chi connectivity index (χ3n) is 18.9. The van der Waals surface area contributed by atoms with Crippen molar-refractivity contribution in [3.63, 3.8) is 0 Å². The van der Waals surface area contributed by atoms with E-state index in [4.69, 9.17) is 0 Å². The zero-order valence-electron chi connectivity index (χ0n) is 64.9. The molecule has 16 rings (SSSR count). The number of pyridine rings is 4. The molecule has 0 amide bonds. The molecular formula is C90H92F6N12Os2P2+2. The van der Waals surface area contributed by atoms with Crippen molar-refractivity contribution >= 4 is 26.5 Å². The summed E-state index contributed by atoms with van der Waals surface area (Å²) in [6.07, 6.45) is 10.1. The van der Waals surface area contributed by atoms with Crippen molar-refractivity contribution in [2.45, 2.75) is 107 Å². The Kier molecular flexibility index (Phi) is 33.5. The molecule has 578 valence electrons. The molecule has 0 saturated carbocycles. The molecule has 2 fully saturated rings. The predicted octanol–water partition coefficient (Wildman–Crippen LogP) is 21.7. The maximum Gasteiger partial charge on any atom is 4.00 e. The number of benzene rings is 6. The Morgan fingerprint density at radius 3 is 0.723 bits per heavy atom. The van der Waals surface area contributed by atoms with Crippen molar-refractivity contribution in [1.29, 1.82) is 0 Å². The first-order valence-corrected chi connectivity index (χ1v) is 39.8. The number of hydrogen-bond acceptors (Lipinski definition) is 8. The van der Waals surface area contributed by atoms with Gasteiger partial charge in [0, 0.05) is 97.0 Å². The van der Waals surface area contributed by atoms with Crippen LogP contribution in [0.3, 0.4) is 0 Å². The zero-order valence-corrected chi connectivity index (χ0v) is 72.0. The molecule has 22 heteroatoms. The molecule has 0 unspecified atom stereocenters. The Morgan fingerprint density at radius 2 is 0.527 bits per heavy atom. The number of alkyl halides is 6. The van der Waals surface area contributed by atoms with E-state index in [1.807, 2.05) is 127 Å². The number of aromatic nitrogens is 12. The largest absolute Gasteiger partial charge is 4.00 e. The minimum atomic E-state index is -4.50. The van der Waals surface area contributed by atoms with E-state index < -0.39 is 23.7 Å². The van der Waals surface area contributed by atoms with Crippen molar-refractivity contribution in [2.75, 3.05) is 24.6 Å². The van der Waals surface area contributed by atoms with E-state index in [9.17, 15) is 26.3 Å². The minimum Gasteiger partial charge on any atom is -0.574 e. The van der Waals surface area contributed by atoms with E-state index in [1.54, 1.807) is 35.1 Å². The molecule has 2 aliphatic rings. The summed E-state index contributed by atoms with van der Waals surface area (Å²) < 4.78 is 75.4. The van der Waals surface area contributed by atoms with Crippen molar-refractivity contribution in [3.05, 3.63) is 313 Å². The van der Waals surface area contributed by atoms with Crippen LogP contribution >= 0.6 is 15.8 Å². The summed E-state index contributed by atoms with van der Waals surface area (Å²) in [6.45, 7) is 20.4. The molecule has 10 heterocycles. The van der Waals surface area contributed by atoms with Crippen molar-refractivity contribution in [2.24, 2.45) is 0 Å². The van der Waals surface area contributed by atoms with E-state index in [0.717, 1.165) is 102 Å². The molecule has 2 saturated heterocycles. The Balaban J connectivity index is 0.000000188. The van der Waals surface area contributed by atoms with Crippen LogP contribution in [0.1, 0.15) is 93.0 Å². The molecule has 8 aromatic heterocycles. The SMILES string of the molecule is Cc1cc(-c2ccc(-c3c(C)cccc3C)cn2)[n-]n1.Cc1cc(-c2ccc(-c3c(C)cccc3C)cn2)[n-]n1.Cc1cccc(C)c1-c1ccc(-c2cc(C(F)(F)F)n[n-]2)nc1.Cc1cccc(C)c1-c1ccc(-c2cc(C(F)(F)F)n[n-]2)nc1.[CH3-].[CH3-].[Os+2].[Os+4].c1ccc([PH+]2CCCC2)cc1.c1ccc([PH+]2CCCC2)cc1. The molecule has 0 radical (unpaired) electrons. The van der Waals surface area contributed by atoms with Crippen LogP contribution in [0.25, 0.3) is 90.1 Å². The summed E-state index contributed by atoms with van der Waals surface area (Å²) in [5, 5.41) is 33.0. The third kappa shape index (κ3) is 23.8. The number of aryl methyl sites for hydroxylation is 10. The molecule has 6 aromatic carbocycles. The Labute approximate surface area is 683 Å². The number of hydrogen-bond donors (Lipinski definition) is 0. The first-order valence-electron chi connectivity index (χ1n) is 36.0. The Morgan fingerprint density at radius 1 is 0.295 bits per heavy atom. The fourth-order valence-electron chi connectivity index (χ4n) is 13.5. The normalized spacial score (nSPS) is 12.4. The molecule has 14 aromatic rings. The first-order chi connectivity index (χ1) is 51.9. The van der Waals surface area contributed by atoms with Crippen LogP contribution < -0.4 is 31.0 Å². The maximum atomic E-state index is 12.6. The molecule has 112 heavy (non-hydrogen) atoms. The summed E-state index contributed by atoms with van der Waals surface area (Å²) in [7, 11) is -0.180. The molecular weight excluding hydrogens is 1810 g/mol. The van der Waals surface area contributed by atoms with Gasteiger partial charge in [-0.3, -0.25) is 19.9 Å². The standard InChI is InChI=1S/2C17H13F3N3.2C17H16N3.2C10H13P.2CH3.2Os/c2*1-10-4-3-5-11(2)16(10)12-6-7-13(21-9-12)14-8-15(23-22-14)17(18,19)20;2*1-11-5-4-6-12(2)17(11)14-7-8-15(18-10-14)16-9-13(3)19-20-16;2*1-2-6-10(7-3-1)11-8-4-5-9-11;;;;/h2*3-9H,1-2H3;2*4-10H,1-3H3;2*1-3,6-7H,4-5,8-9H2;2*1H3;;/q4*-1;;;2*-1;+2;+4/p+2. The summed E-state index contributed by atoms with van der Waals surface area (Å²) in [6, 6.07) is 67.7. The second-order valence-corrected chi connectivity index (χ2v) is 32.7. The van der Waals surface area contributed by atoms with Crippen molar-refractivity contribution in [1.82, 2.24) is 60.7 Å². The fraction of sp³-hybridized carbons (Fsp3) is 0.222. The van der Waals surface area contributed by atoms with Crippen LogP contribution in [0, 0.1) is 84.1 Å². The minimum absolute atomic E-state index is 0. The second-order valence-electron chi connectivity index (χ2n) is 27.1. The van der Waals surface area contributed by atoms with E-state index in [2.05, 4.69) is 198 Å². The van der Waals surface area contributed by atoms with Gasteiger partial charge in [-0.2, -0.15) is 26.3 Å². The monoisotopic (exact) mass is 1900 g/mol. The van der Waals surface area contributed by atoms with Gasteiger partial charge in [-0.15, -0.1) is 0 Å². The van der Waals surface area contributed by atoms with E-state index in [0.29, 0.717) is 11.4 Å². The average molecular weight is 1900 g/mol. The van der Waals surface area contributed by atoms with Crippen LogP contribution in [0.2, 0.25) is 0 Å². The number of nitrogens with zero attached hydrogens (tertiary/aromatic N) is 12. The molecule has 0 aliphatic carbocycles. The van der Waals surface area contributed by atoms with Gasteiger partial charge >= 0.3 is 51.9 Å². The maximum absolute atomic E-state index is 12.6. The zero-order chi connectivity index (χ0) is 76.5. The van der Waals surface area contributed by atoms with Crippen LogP contribution in [0.15, 0.2) is 231 Å². The summed E-state index contributed by atoms with van der Waals surface area (Å²) in [5.74, 6) is 0. The van der Waals surface area contributed by atoms with Crippen LogP contribution in [0.5, 0.6) is 0 Å². The predicted molar refractivity (Wildman–Crippen MR) is 442 cm³/mol. The second kappa shape index (κ2) is 41.8. The van der Waals surface area contributed by atoms with Gasteiger partial charge in [0.1, 0.15) is 11.4 Å². The first kappa shape index (κ1) is 89.7. The van der Waals surface area contributed by atoms with Gasteiger partial charge in [-0.25, -0.2) is 0 Å².